The second-order valence-electron chi connectivity index (χ2n) is 6.71. The van der Waals surface area contributed by atoms with Crippen LogP contribution in [-0.4, -0.2) is 10.2 Å². The van der Waals surface area contributed by atoms with Gasteiger partial charge in [0.1, 0.15) is 11.5 Å². The highest BCUT2D eigenvalue weighted by Crippen LogP contribution is 2.40. The molecule has 0 aromatic heterocycles. The lowest BCUT2D eigenvalue weighted by Gasteiger charge is -2.32. The van der Waals surface area contributed by atoms with Crippen LogP contribution in [0.4, 0.5) is 0 Å². The van der Waals surface area contributed by atoms with E-state index in [0.717, 1.165) is 12.0 Å². The Kier molecular flexibility index (Phi) is 4.50. The molecular formula is C20H26O2. The Morgan fingerprint density at radius 1 is 0.955 bits per heavy atom. The molecule has 0 saturated carbocycles. The summed E-state index contributed by atoms with van der Waals surface area (Å²) in [4.78, 5) is 0. The SMILES string of the molecule is CCC(C)c1cc(O)ccc1C(C)(C)c1ccc(O)cc1C. The van der Waals surface area contributed by atoms with Crippen molar-refractivity contribution in [1.29, 1.82) is 0 Å². The van der Waals surface area contributed by atoms with Gasteiger partial charge in [-0.15, -0.1) is 0 Å². The standard InChI is InChI=1S/C20H26O2/c1-6-13(2)17-12-16(22)8-10-19(17)20(4,5)18-9-7-15(21)11-14(18)3/h7-13,21-22H,6H2,1-5H3. The zero-order valence-electron chi connectivity index (χ0n) is 14.1. The number of phenols is 2. The average molecular weight is 298 g/mol. The van der Waals surface area contributed by atoms with Crippen molar-refractivity contribution in [3.63, 3.8) is 0 Å². The minimum absolute atomic E-state index is 0.190. The summed E-state index contributed by atoms with van der Waals surface area (Å²) >= 11 is 0. The second-order valence-corrected chi connectivity index (χ2v) is 6.71. The molecule has 2 aromatic carbocycles. The van der Waals surface area contributed by atoms with E-state index in [0.29, 0.717) is 17.4 Å². The van der Waals surface area contributed by atoms with Crippen LogP contribution in [0.2, 0.25) is 0 Å². The molecule has 2 heteroatoms. The molecule has 2 rings (SSSR count). The Morgan fingerprint density at radius 2 is 1.50 bits per heavy atom. The van der Waals surface area contributed by atoms with Crippen molar-refractivity contribution >= 4 is 0 Å². The van der Waals surface area contributed by atoms with Gasteiger partial charge in [0.2, 0.25) is 0 Å². The minimum Gasteiger partial charge on any atom is -0.508 e. The molecule has 0 saturated heterocycles. The van der Waals surface area contributed by atoms with Crippen molar-refractivity contribution < 1.29 is 10.2 Å². The van der Waals surface area contributed by atoms with Crippen molar-refractivity contribution in [3.8, 4) is 11.5 Å². The maximum atomic E-state index is 9.88. The summed E-state index contributed by atoms with van der Waals surface area (Å²) in [6, 6.07) is 11.2. The molecule has 2 nitrogen and oxygen atoms in total. The molecule has 0 radical (unpaired) electrons. The first-order valence-electron chi connectivity index (χ1n) is 7.90. The lowest BCUT2D eigenvalue weighted by Crippen LogP contribution is -2.22. The molecule has 0 heterocycles. The van der Waals surface area contributed by atoms with Crippen LogP contribution < -0.4 is 0 Å². The quantitative estimate of drug-likeness (QED) is 0.809. The summed E-state index contributed by atoms with van der Waals surface area (Å²) in [5.41, 5.74) is 4.51. The lowest BCUT2D eigenvalue weighted by atomic mass is 9.72. The Bertz CT molecular complexity index is 671. The molecule has 0 spiro atoms. The van der Waals surface area contributed by atoms with Gasteiger partial charge in [-0.05, 0) is 65.8 Å². The van der Waals surface area contributed by atoms with E-state index in [1.165, 1.54) is 16.7 Å². The van der Waals surface area contributed by atoms with E-state index in [-0.39, 0.29) is 5.41 Å². The van der Waals surface area contributed by atoms with Crippen molar-refractivity contribution in [3.05, 3.63) is 58.7 Å². The van der Waals surface area contributed by atoms with Gasteiger partial charge in [0, 0.05) is 5.41 Å². The van der Waals surface area contributed by atoms with Crippen LogP contribution in [0, 0.1) is 6.92 Å². The first-order chi connectivity index (χ1) is 10.3. The van der Waals surface area contributed by atoms with Gasteiger partial charge in [-0.3, -0.25) is 0 Å². The Balaban J connectivity index is 2.62. The number of rotatable bonds is 4. The van der Waals surface area contributed by atoms with Crippen molar-refractivity contribution in [2.45, 2.75) is 52.4 Å². The van der Waals surface area contributed by atoms with Gasteiger partial charge in [0.25, 0.3) is 0 Å². The molecule has 0 aliphatic heterocycles. The van der Waals surface area contributed by atoms with E-state index in [4.69, 9.17) is 0 Å². The molecule has 22 heavy (non-hydrogen) atoms. The van der Waals surface area contributed by atoms with Gasteiger partial charge < -0.3 is 10.2 Å². The Labute approximate surface area is 133 Å². The molecule has 0 aliphatic carbocycles. The predicted molar refractivity (Wildman–Crippen MR) is 91.8 cm³/mol. The van der Waals surface area contributed by atoms with Crippen molar-refractivity contribution in [2.24, 2.45) is 0 Å². The van der Waals surface area contributed by atoms with Crippen molar-refractivity contribution in [1.82, 2.24) is 0 Å². The molecule has 2 aromatic rings. The number of hydrogen-bond acceptors (Lipinski definition) is 2. The Morgan fingerprint density at radius 3 is 2.05 bits per heavy atom. The summed E-state index contributed by atoms with van der Waals surface area (Å²) in [5, 5.41) is 19.5. The zero-order valence-corrected chi connectivity index (χ0v) is 14.1. The first-order valence-corrected chi connectivity index (χ1v) is 7.90. The molecule has 0 bridgehead atoms. The highest BCUT2D eigenvalue weighted by Gasteiger charge is 2.28. The molecule has 0 fully saturated rings. The van der Waals surface area contributed by atoms with Gasteiger partial charge in [0.15, 0.2) is 0 Å². The number of benzene rings is 2. The second kappa shape index (κ2) is 6.04. The third-order valence-corrected chi connectivity index (χ3v) is 4.74. The fourth-order valence-electron chi connectivity index (χ4n) is 3.24. The number of hydrogen-bond donors (Lipinski definition) is 2. The van der Waals surface area contributed by atoms with Gasteiger partial charge >= 0.3 is 0 Å². The average Bonchev–Trinajstić information content (AvgIpc) is 2.45. The van der Waals surface area contributed by atoms with Gasteiger partial charge in [-0.1, -0.05) is 39.8 Å². The van der Waals surface area contributed by atoms with Gasteiger partial charge in [-0.25, -0.2) is 0 Å². The van der Waals surface area contributed by atoms with Crippen LogP contribution in [0.3, 0.4) is 0 Å². The summed E-state index contributed by atoms with van der Waals surface area (Å²) < 4.78 is 0. The van der Waals surface area contributed by atoms with Gasteiger partial charge in [0.05, 0.1) is 0 Å². The Hall–Kier alpha value is -1.96. The maximum absolute atomic E-state index is 9.88. The third kappa shape index (κ3) is 2.96. The van der Waals surface area contributed by atoms with E-state index in [9.17, 15) is 10.2 Å². The van der Waals surface area contributed by atoms with E-state index in [1.54, 1.807) is 18.2 Å². The predicted octanol–water partition coefficient (Wildman–Crippen LogP) is 5.25. The summed E-state index contributed by atoms with van der Waals surface area (Å²) in [6.07, 6.45) is 1.03. The van der Waals surface area contributed by atoms with Gasteiger partial charge in [-0.2, -0.15) is 0 Å². The molecular weight excluding hydrogens is 272 g/mol. The largest absolute Gasteiger partial charge is 0.508 e. The number of aryl methyl sites for hydroxylation is 1. The summed E-state index contributed by atoms with van der Waals surface area (Å²) in [7, 11) is 0. The first kappa shape index (κ1) is 16.4. The topological polar surface area (TPSA) is 40.5 Å². The molecule has 1 unspecified atom stereocenters. The summed E-state index contributed by atoms with van der Waals surface area (Å²) in [5.74, 6) is 1.00. The smallest absolute Gasteiger partial charge is 0.115 e. The monoisotopic (exact) mass is 298 g/mol. The van der Waals surface area contributed by atoms with Crippen LogP contribution in [0.5, 0.6) is 11.5 Å². The van der Waals surface area contributed by atoms with Crippen LogP contribution in [0.25, 0.3) is 0 Å². The normalized spacial score (nSPS) is 13.1. The highest BCUT2D eigenvalue weighted by atomic mass is 16.3. The van der Waals surface area contributed by atoms with Crippen LogP contribution in [0.1, 0.15) is 62.3 Å². The molecule has 0 amide bonds. The molecule has 0 aliphatic rings. The van der Waals surface area contributed by atoms with E-state index in [2.05, 4.69) is 27.7 Å². The lowest BCUT2D eigenvalue weighted by molar-refractivity contribution is 0.471. The minimum atomic E-state index is -0.190. The fraction of sp³-hybridized carbons (Fsp3) is 0.400. The van der Waals surface area contributed by atoms with Crippen molar-refractivity contribution in [2.75, 3.05) is 0 Å². The maximum Gasteiger partial charge on any atom is 0.115 e. The highest BCUT2D eigenvalue weighted by molar-refractivity contribution is 5.49. The number of phenolic OH excluding ortho intramolecular Hbond substituents is 2. The zero-order chi connectivity index (χ0) is 16.5. The third-order valence-electron chi connectivity index (χ3n) is 4.74. The molecule has 2 N–H and O–H groups in total. The van der Waals surface area contributed by atoms with Crippen LogP contribution in [0.15, 0.2) is 36.4 Å². The summed E-state index contributed by atoms with van der Waals surface area (Å²) in [6.45, 7) is 10.8. The molecule has 118 valence electrons. The van der Waals surface area contributed by atoms with Crippen LogP contribution >= 0.6 is 0 Å². The van der Waals surface area contributed by atoms with E-state index in [1.807, 2.05) is 25.1 Å². The van der Waals surface area contributed by atoms with E-state index >= 15 is 0 Å². The fourth-order valence-corrected chi connectivity index (χ4v) is 3.24. The molecule has 1 atom stereocenters. The number of aromatic hydroxyl groups is 2. The van der Waals surface area contributed by atoms with Crippen LogP contribution in [-0.2, 0) is 5.41 Å². The van der Waals surface area contributed by atoms with E-state index < -0.39 is 0 Å².